The number of rotatable bonds is 6. The molecule has 13 heteroatoms. The van der Waals surface area contributed by atoms with Crippen LogP contribution < -0.4 is 10.0 Å². The van der Waals surface area contributed by atoms with Crippen molar-refractivity contribution in [3.8, 4) is 0 Å². The summed E-state index contributed by atoms with van der Waals surface area (Å²) in [6, 6.07) is 6.87. The number of benzene rings is 2. The van der Waals surface area contributed by atoms with Gasteiger partial charge in [-0.3, -0.25) is 9.52 Å². The molecular weight excluding hydrogens is 471 g/mol. The lowest BCUT2D eigenvalue weighted by Gasteiger charge is -2.17. The molecule has 32 heavy (non-hydrogen) atoms. The molecule has 1 amide bonds. The first-order valence-corrected chi connectivity index (χ1v) is 12.3. The number of hydrogen-bond donors (Lipinski definition) is 2. The predicted octanol–water partition coefficient (Wildman–Crippen LogP) is 3.25. The minimum Gasteiger partial charge on any atom is -0.326 e. The lowest BCUT2D eigenvalue weighted by Crippen LogP contribution is -2.27. The number of anilines is 2. The Labute approximate surface area is 183 Å². The van der Waals surface area contributed by atoms with Gasteiger partial charge in [0.1, 0.15) is 0 Å². The molecule has 0 spiro atoms. The molecule has 2 N–H and O–H groups in total. The minimum absolute atomic E-state index is 0.103. The van der Waals surface area contributed by atoms with Gasteiger partial charge in [-0.25, -0.2) is 16.8 Å². The molecule has 1 aliphatic heterocycles. The topological polar surface area (TPSA) is 113 Å². The number of carbonyl (C=O) groups excluding carboxylic acids is 1. The van der Waals surface area contributed by atoms with Gasteiger partial charge in [-0.2, -0.15) is 17.5 Å². The maximum absolute atomic E-state index is 13.5. The number of nitrogens with zero attached hydrogens (tertiary/aromatic N) is 1. The minimum atomic E-state index is -4.90. The van der Waals surface area contributed by atoms with Crippen LogP contribution in [0.2, 0.25) is 0 Å². The SMILES string of the molecule is CC(=O)Nc1ccc(NS(=O)(=O)c2ccc(S(=O)(=O)N3CCCC3)cc2)c(C(F)(F)F)c1. The van der Waals surface area contributed by atoms with Crippen LogP contribution in [0, 0.1) is 0 Å². The Bertz CT molecular complexity index is 1220. The highest BCUT2D eigenvalue weighted by Crippen LogP contribution is 2.37. The van der Waals surface area contributed by atoms with E-state index >= 15 is 0 Å². The second kappa shape index (κ2) is 8.71. The van der Waals surface area contributed by atoms with E-state index in [-0.39, 0.29) is 10.6 Å². The lowest BCUT2D eigenvalue weighted by molar-refractivity contribution is -0.136. The number of alkyl halides is 3. The number of sulfonamides is 2. The summed E-state index contributed by atoms with van der Waals surface area (Å²) in [5.41, 5.74) is -2.18. The van der Waals surface area contributed by atoms with Gasteiger partial charge >= 0.3 is 6.18 Å². The van der Waals surface area contributed by atoms with Crippen molar-refractivity contribution in [2.45, 2.75) is 35.7 Å². The van der Waals surface area contributed by atoms with Crippen LogP contribution >= 0.6 is 0 Å². The van der Waals surface area contributed by atoms with E-state index in [1.165, 1.54) is 4.31 Å². The van der Waals surface area contributed by atoms with Gasteiger partial charge in [0.25, 0.3) is 10.0 Å². The Hall–Kier alpha value is -2.64. The van der Waals surface area contributed by atoms with Crippen molar-refractivity contribution in [2.75, 3.05) is 23.1 Å². The van der Waals surface area contributed by atoms with Gasteiger partial charge in [-0.05, 0) is 55.3 Å². The summed E-state index contributed by atoms with van der Waals surface area (Å²) in [6.07, 6.45) is -3.43. The second-order valence-corrected chi connectivity index (χ2v) is 10.7. The monoisotopic (exact) mass is 491 g/mol. The highest BCUT2D eigenvalue weighted by molar-refractivity contribution is 7.92. The zero-order chi connectivity index (χ0) is 23.7. The van der Waals surface area contributed by atoms with Crippen LogP contribution in [-0.2, 0) is 31.0 Å². The molecule has 1 saturated heterocycles. The fourth-order valence-corrected chi connectivity index (χ4v) is 5.82. The molecule has 2 aromatic rings. The lowest BCUT2D eigenvalue weighted by atomic mass is 10.1. The first-order chi connectivity index (χ1) is 14.8. The van der Waals surface area contributed by atoms with Crippen molar-refractivity contribution < 1.29 is 34.8 Å². The van der Waals surface area contributed by atoms with E-state index in [1.54, 1.807) is 0 Å². The second-order valence-electron chi connectivity index (χ2n) is 7.13. The average Bonchev–Trinajstić information content (AvgIpc) is 3.23. The van der Waals surface area contributed by atoms with Crippen molar-refractivity contribution >= 4 is 37.3 Å². The molecule has 0 aliphatic carbocycles. The van der Waals surface area contributed by atoms with E-state index in [0.29, 0.717) is 19.2 Å². The largest absolute Gasteiger partial charge is 0.418 e. The zero-order valence-corrected chi connectivity index (χ0v) is 18.4. The summed E-state index contributed by atoms with van der Waals surface area (Å²) in [6.45, 7) is 1.87. The van der Waals surface area contributed by atoms with Crippen LogP contribution in [-0.4, -0.2) is 40.1 Å². The van der Waals surface area contributed by atoms with Gasteiger partial charge in [0.15, 0.2) is 0 Å². The van der Waals surface area contributed by atoms with Gasteiger partial charge in [0, 0.05) is 25.7 Å². The molecule has 1 heterocycles. The molecule has 174 valence electrons. The van der Waals surface area contributed by atoms with Crippen molar-refractivity contribution in [1.82, 2.24) is 4.31 Å². The molecule has 2 aromatic carbocycles. The van der Waals surface area contributed by atoms with Gasteiger partial charge in [0.05, 0.1) is 21.0 Å². The number of carbonyl (C=O) groups is 1. The van der Waals surface area contributed by atoms with Crippen molar-refractivity contribution in [3.05, 3.63) is 48.0 Å². The standard InChI is InChI=1S/C19H20F3N3O5S2/c1-13(26)23-14-4-9-18(17(12-14)19(20,21)22)24-31(27,28)15-5-7-16(8-6-15)32(29,30)25-10-2-3-11-25/h4-9,12,24H,2-3,10-11H2,1H3,(H,23,26). The van der Waals surface area contributed by atoms with Crippen LogP contribution in [0.25, 0.3) is 0 Å². The van der Waals surface area contributed by atoms with Crippen LogP contribution in [0.5, 0.6) is 0 Å². The summed E-state index contributed by atoms with van der Waals surface area (Å²) >= 11 is 0. The van der Waals surface area contributed by atoms with Crippen molar-refractivity contribution in [3.63, 3.8) is 0 Å². The molecule has 8 nitrogen and oxygen atoms in total. The fraction of sp³-hybridized carbons (Fsp3) is 0.316. The Morgan fingerprint density at radius 1 is 0.938 bits per heavy atom. The highest BCUT2D eigenvalue weighted by atomic mass is 32.2. The van der Waals surface area contributed by atoms with Gasteiger partial charge in [0.2, 0.25) is 15.9 Å². The summed E-state index contributed by atoms with van der Waals surface area (Å²) in [7, 11) is -8.22. The molecule has 0 atom stereocenters. The third-order valence-corrected chi connectivity index (χ3v) is 8.02. The van der Waals surface area contributed by atoms with Crippen LogP contribution in [0.15, 0.2) is 52.3 Å². The average molecular weight is 492 g/mol. The normalized spacial score (nSPS) is 15.5. The smallest absolute Gasteiger partial charge is 0.326 e. The molecular formula is C19H20F3N3O5S2. The Kier molecular flexibility index (Phi) is 6.54. The van der Waals surface area contributed by atoms with Crippen molar-refractivity contribution in [1.29, 1.82) is 0 Å². The zero-order valence-electron chi connectivity index (χ0n) is 16.8. The molecule has 0 bridgehead atoms. The molecule has 1 fully saturated rings. The summed E-state index contributed by atoms with van der Waals surface area (Å²) in [5.74, 6) is -0.588. The maximum Gasteiger partial charge on any atom is 0.418 e. The maximum atomic E-state index is 13.5. The van der Waals surface area contributed by atoms with E-state index in [4.69, 9.17) is 0 Å². The van der Waals surface area contributed by atoms with E-state index in [9.17, 15) is 34.8 Å². The summed E-state index contributed by atoms with van der Waals surface area (Å²) in [5, 5.41) is 2.21. The number of hydrogen-bond acceptors (Lipinski definition) is 5. The van der Waals surface area contributed by atoms with Crippen LogP contribution in [0.4, 0.5) is 24.5 Å². The third kappa shape index (κ3) is 5.22. The van der Waals surface area contributed by atoms with Crippen molar-refractivity contribution in [2.24, 2.45) is 0 Å². The number of amides is 1. The fourth-order valence-electron chi connectivity index (χ4n) is 3.22. The van der Waals surface area contributed by atoms with Gasteiger partial charge in [-0.1, -0.05) is 0 Å². The van der Waals surface area contributed by atoms with E-state index < -0.39 is 48.3 Å². The quantitative estimate of drug-likeness (QED) is 0.644. The van der Waals surface area contributed by atoms with E-state index in [0.717, 1.165) is 56.2 Å². The molecule has 3 rings (SSSR count). The van der Waals surface area contributed by atoms with E-state index in [1.807, 2.05) is 4.72 Å². The Morgan fingerprint density at radius 3 is 2.03 bits per heavy atom. The summed E-state index contributed by atoms with van der Waals surface area (Å²) < 4.78 is 94.0. The Morgan fingerprint density at radius 2 is 1.50 bits per heavy atom. The van der Waals surface area contributed by atoms with Crippen LogP contribution in [0.3, 0.4) is 0 Å². The highest BCUT2D eigenvalue weighted by Gasteiger charge is 2.35. The molecule has 0 unspecified atom stereocenters. The first kappa shape index (κ1) is 24.0. The van der Waals surface area contributed by atoms with Crippen LogP contribution in [0.1, 0.15) is 25.3 Å². The number of halogens is 3. The predicted molar refractivity (Wildman–Crippen MR) is 111 cm³/mol. The molecule has 1 aliphatic rings. The first-order valence-electron chi connectivity index (χ1n) is 9.42. The third-order valence-electron chi connectivity index (χ3n) is 4.73. The Balaban J connectivity index is 1.90. The number of nitrogens with one attached hydrogen (secondary N) is 2. The van der Waals surface area contributed by atoms with Gasteiger partial charge in [-0.15, -0.1) is 0 Å². The summed E-state index contributed by atoms with van der Waals surface area (Å²) in [4.78, 5) is 10.6. The van der Waals surface area contributed by atoms with Gasteiger partial charge < -0.3 is 5.32 Å². The molecule has 0 radical (unpaired) electrons. The van der Waals surface area contributed by atoms with E-state index in [2.05, 4.69) is 5.32 Å². The molecule has 0 aromatic heterocycles. The molecule has 0 saturated carbocycles.